The summed E-state index contributed by atoms with van der Waals surface area (Å²) in [5.74, 6) is 0.312. The minimum absolute atomic E-state index is 0.312. The average Bonchev–Trinajstić information content (AvgIpc) is 2.37. The Bertz CT molecular complexity index is 553. The number of hydrogen-bond acceptors (Lipinski definition) is 2. The minimum atomic E-state index is -4.56. The third-order valence-electron chi connectivity index (χ3n) is 2.86. The molecule has 1 rings (SSSR count). The fourth-order valence-corrected chi connectivity index (χ4v) is 2.75. The maximum atomic E-state index is 13.7. The fraction of sp³-hybridized carbons (Fsp3) is 0.538. The summed E-state index contributed by atoms with van der Waals surface area (Å²) in [6.45, 7) is 3.53. The Balaban J connectivity index is 2.83. The van der Waals surface area contributed by atoms with Crippen LogP contribution in [0, 0.1) is 5.92 Å². The molecule has 8 heteroatoms. The van der Waals surface area contributed by atoms with Crippen LogP contribution in [0.5, 0.6) is 0 Å². The molecule has 1 aromatic rings. The first-order valence-corrected chi connectivity index (χ1v) is 7.85. The number of sulfonamides is 1. The van der Waals surface area contributed by atoms with Gasteiger partial charge in [-0.25, -0.2) is 8.42 Å². The molecule has 0 N–H and O–H groups in total. The van der Waals surface area contributed by atoms with Gasteiger partial charge in [-0.2, -0.15) is 13.2 Å². The van der Waals surface area contributed by atoms with Crippen molar-refractivity contribution in [2.75, 3.05) is 6.54 Å². The monoisotopic (exact) mass is 327 g/mol. The standard InChI is InChI=1S/C13H17F4NO2S/c1-10(2)4-3-9-18(17)21(19,20)12-7-5-11(6-8-12)13(14,15)16/h5-8,10H,3-4,9H2,1-2H3. The third kappa shape index (κ3) is 4.96. The molecule has 0 unspecified atom stereocenters. The molecular formula is C13H17F4NO2S. The van der Waals surface area contributed by atoms with E-state index in [0.29, 0.717) is 30.9 Å². The highest BCUT2D eigenvalue weighted by Gasteiger charge is 2.31. The fourth-order valence-electron chi connectivity index (χ4n) is 1.67. The molecule has 0 aliphatic carbocycles. The second kappa shape index (κ2) is 6.74. The number of hydrogen-bond donors (Lipinski definition) is 0. The van der Waals surface area contributed by atoms with Gasteiger partial charge in [0.2, 0.25) is 0 Å². The van der Waals surface area contributed by atoms with Gasteiger partial charge in [-0.1, -0.05) is 13.8 Å². The Morgan fingerprint density at radius 3 is 2.10 bits per heavy atom. The van der Waals surface area contributed by atoms with E-state index in [9.17, 15) is 26.1 Å². The van der Waals surface area contributed by atoms with Crippen molar-refractivity contribution in [3.05, 3.63) is 29.8 Å². The van der Waals surface area contributed by atoms with Gasteiger partial charge < -0.3 is 0 Å². The topological polar surface area (TPSA) is 37.4 Å². The minimum Gasteiger partial charge on any atom is -0.205 e. The summed E-state index contributed by atoms with van der Waals surface area (Å²) in [5.41, 5.74) is -0.980. The molecule has 0 heterocycles. The third-order valence-corrected chi connectivity index (χ3v) is 4.43. The summed E-state index contributed by atoms with van der Waals surface area (Å²) >= 11 is 0. The van der Waals surface area contributed by atoms with Crippen LogP contribution in [-0.2, 0) is 16.2 Å². The van der Waals surface area contributed by atoms with E-state index < -0.39 is 26.7 Å². The Hall–Kier alpha value is -1.15. The van der Waals surface area contributed by atoms with Crippen molar-refractivity contribution in [1.29, 1.82) is 0 Å². The summed E-state index contributed by atoms with van der Waals surface area (Å²) in [4.78, 5) is -0.498. The van der Waals surface area contributed by atoms with E-state index in [0.717, 1.165) is 12.1 Å². The van der Waals surface area contributed by atoms with Crippen LogP contribution in [0.1, 0.15) is 32.3 Å². The van der Waals surface area contributed by atoms with Crippen molar-refractivity contribution >= 4 is 10.0 Å². The zero-order valence-electron chi connectivity index (χ0n) is 11.7. The van der Waals surface area contributed by atoms with Crippen LogP contribution in [0.2, 0.25) is 0 Å². The van der Waals surface area contributed by atoms with E-state index in [1.807, 2.05) is 13.8 Å². The van der Waals surface area contributed by atoms with Gasteiger partial charge in [0.05, 0.1) is 10.5 Å². The van der Waals surface area contributed by atoms with Gasteiger partial charge in [-0.3, -0.25) is 0 Å². The molecule has 0 saturated carbocycles. The van der Waals surface area contributed by atoms with Crippen molar-refractivity contribution in [2.45, 2.75) is 37.8 Å². The number of benzene rings is 1. The van der Waals surface area contributed by atoms with Gasteiger partial charge in [0.15, 0.2) is 0 Å². The van der Waals surface area contributed by atoms with E-state index >= 15 is 0 Å². The molecule has 0 aliphatic heterocycles. The molecule has 0 atom stereocenters. The van der Waals surface area contributed by atoms with E-state index in [1.54, 1.807) is 0 Å². The molecule has 3 nitrogen and oxygen atoms in total. The molecule has 0 aromatic heterocycles. The average molecular weight is 327 g/mol. The predicted molar refractivity (Wildman–Crippen MR) is 70.5 cm³/mol. The van der Waals surface area contributed by atoms with Crippen LogP contribution in [0.3, 0.4) is 0 Å². The molecule has 0 aliphatic rings. The zero-order chi connectivity index (χ0) is 16.3. The van der Waals surface area contributed by atoms with Crippen molar-refractivity contribution in [1.82, 2.24) is 4.53 Å². The summed E-state index contributed by atoms with van der Waals surface area (Å²) < 4.78 is 74.2. The van der Waals surface area contributed by atoms with E-state index in [2.05, 4.69) is 0 Å². The molecular weight excluding hydrogens is 310 g/mol. The molecule has 1 aromatic carbocycles. The van der Waals surface area contributed by atoms with Crippen LogP contribution < -0.4 is 0 Å². The highest BCUT2D eigenvalue weighted by Crippen LogP contribution is 2.30. The Labute approximate surface area is 121 Å². The van der Waals surface area contributed by atoms with Crippen LogP contribution >= 0.6 is 0 Å². The Morgan fingerprint density at radius 1 is 1.14 bits per heavy atom. The van der Waals surface area contributed by atoms with Gasteiger partial charge in [0.1, 0.15) is 0 Å². The van der Waals surface area contributed by atoms with Gasteiger partial charge in [-0.05, 0) is 47.6 Å². The lowest BCUT2D eigenvalue weighted by Crippen LogP contribution is -2.24. The van der Waals surface area contributed by atoms with Crippen LogP contribution in [0.25, 0.3) is 0 Å². The molecule has 120 valence electrons. The first kappa shape index (κ1) is 17.9. The zero-order valence-corrected chi connectivity index (χ0v) is 12.5. The maximum Gasteiger partial charge on any atom is 0.416 e. The highest BCUT2D eigenvalue weighted by atomic mass is 32.2. The number of halogens is 4. The molecule has 0 amide bonds. The predicted octanol–water partition coefficient (Wildman–Crippen LogP) is 4.02. The summed E-state index contributed by atoms with van der Waals surface area (Å²) in [6, 6.07) is 2.75. The van der Waals surface area contributed by atoms with Crippen LogP contribution in [0.15, 0.2) is 29.2 Å². The number of rotatable bonds is 6. The summed E-state index contributed by atoms with van der Waals surface area (Å²) in [7, 11) is -4.40. The lowest BCUT2D eigenvalue weighted by atomic mass is 10.1. The number of alkyl halides is 3. The summed E-state index contributed by atoms with van der Waals surface area (Å²) in [5, 5.41) is 0. The van der Waals surface area contributed by atoms with E-state index in [1.165, 1.54) is 0 Å². The van der Waals surface area contributed by atoms with Gasteiger partial charge in [-0.15, -0.1) is 4.48 Å². The molecule has 21 heavy (non-hydrogen) atoms. The second-order valence-corrected chi connectivity index (χ2v) is 6.89. The van der Waals surface area contributed by atoms with Crippen molar-refractivity contribution in [2.24, 2.45) is 5.92 Å². The van der Waals surface area contributed by atoms with Crippen molar-refractivity contribution < 1.29 is 26.1 Å². The largest absolute Gasteiger partial charge is 0.416 e. The highest BCUT2D eigenvalue weighted by molar-refractivity contribution is 7.89. The molecule has 0 spiro atoms. The van der Waals surface area contributed by atoms with Gasteiger partial charge in [0.25, 0.3) is 10.0 Å². The smallest absolute Gasteiger partial charge is 0.205 e. The van der Waals surface area contributed by atoms with Crippen molar-refractivity contribution in [3.63, 3.8) is 0 Å². The molecule has 0 radical (unpaired) electrons. The SMILES string of the molecule is CC(C)CCCN(F)S(=O)(=O)c1ccc(C(F)(F)F)cc1. The lowest BCUT2D eigenvalue weighted by Gasteiger charge is -2.14. The first-order valence-electron chi connectivity index (χ1n) is 6.41. The lowest BCUT2D eigenvalue weighted by molar-refractivity contribution is -0.137. The molecule has 0 fully saturated rings. The van der Waals surface area contributed by atoms with Crippen LogP contribution in [0.4, 0.5) is 17.7 Å². The number of nitrogens with zero attached hydrogens (tertiary/aromatic N) is 1. The first-order chi connectivity index (χ1) is 9.55. The molecule has 0 saturated heterocycles. The Morgan fingerprint density at radius 2 is 1.67 bits per heavy atom. The second-order valence-electron chi connectivity index (χ2n) is 5.07. The van der Waals surface area contributed by atoms with Gasteiger partial charge >= 0.3 is 6.18 Å². The van der Waals surface area contributed by atoms with Gasteiger partial charge in [0, 0.05) is 6.54 Å². The van der Waals surface area contributed by atoms with Crippen molar-refractivity contribution in [3.8, 4) is 0 Å². The van der Waals surface area contributed by atoms with E-state index in [-0.39, 0.29) is 11.1 Å². The Kier molecular flexibility index (Phi) is 5.75. The van der Waals surface area contributed by atoms with Crippen LogP contribution in [-0.4, -0.2) is 19.5 Å². The maximum absolute atomic E-state index is 13.7. The molecule has 0 bridgehead atoms. The van der Waals surface area contributed by atoms with E-state index in [4.69, 9.17) is 0 Å². The normalized spacial score (nSPS) is 13.1. The quantitative estimate of drug-likeness (QED) is 0.585. The summed E-state index contributed by atoms with van der Waals surface area (Å²) in [6.07, 6.45) is -3.56.